The van der Waals surface area contributed by atoms with E-state index in [1.165, 1.54) is 0 Å². The van der Waals surface area contributed by atoms with Crippen LogP contribution in [0.15, 0.2) is 12.2 Å². The van der Waals surface area contributed by atoms with E-state index in [4.69, 9.17) is 6.42 Å². The predicted molar refractivity (Wildman–Crippen MR) is 104 cm³/mol. The number of terminal acetylenes is 1. The second kappa shape index (κ2) is 5.70. The van der Waals surface area contributed by atoms with Crippen molar-refractivity contribution >= 4 is 11.7 Å². The van der Waals surface area contributed by atoms with Crippen molar-refractivity contribution in [2.75, 3.05) is 6.54 Å². The molecule has 4 nitrogen and oxygen atoms in total. The molecule has 146 valence electrons. The van der Waals surface area contributed by atoms with Gasteiger partial charge in [0.05, 0.1) is 5.60 Å². The van der Waals surface area contributed by atoms with Crippen molar-refractivity contribution in [1.82, 2.24) is 5.32 Å². The molecule has 2 unspecified atom stereocenters. The zero-order valence-electron chi connectivity index (χ0n) is 16.6. The Hall–Kier alpha value is -1.60. The molecule has 0 aromatic rings. The Morgan fingerprint density at radius 1 is 1.26 bits per heavy atom. The van der Waals surface area contributed by atoms with Crippen LogP contribution in [0.25, 0.3) is 0 Å². The van der Waals surface area contributed by atoms with Crippen LogP contribution in [-0.2, 0) is 9.59 Å². The zero-order valence-corrected chi connectivity index (χ0v) is 16.6. The number of rotatable bonds is 2. The van der Waals surface area contributed by atoms with Crippen molar-refractivity contribution in [1.29, 1.82) is 0 Å². The maximum Gasteiger partial charge on any atom is 0.295 e. The van der Waals surface area contributed by atoms with Crippen LogP contribution in [-0.4, -0.2) is 28.9 Å². The van der Waals surface area contributed by atoms with E-state index in [-0.39, 0.29) is 22.5 Å². The molecule has 1 amide bonds. The SMILES string of the molecule is C#CC(=O)NC[C@]1(C)CCC[C@]2(C)C1CC[C@@]13C[C@@](O)(CCC12)C(=C)C3=O. The van der Waals surface area contributed by atoms with E-state index in [0.717, 1.165) is 38.5 Å². The molecule has 1 spiro atoms. The molecule has 0 aliphatic heterocycles. The van der Waals surface area contributed by atoms with Gasteiger partial charge in [0, 0.05) is 17.5 Å². The van der Waals surface area contributed by atoms with Gasteiger partial charge in [-0.05, 0) is 73.5 Å². The molecule has 0 radical (unpaired) electrons. The van der Waals surface area contributed by atoms with Gasteiger partial charge in [-0.1, -0.05) is 26.8 Å². The van der Waals surface area contributed by atoms with E-state index in [0.29, 0.717) is 36.8 Å². The predicted octanol–water partition coefficient (Wildman–Crippen LogP) is 3.00. The molecule has 4 aliphatic rings. The van der Waals surface area contributed by atoms with Crippen molar-refractivity contribution in [2.45, 2.75) is 70.8 Å². The zero-order chi connectivity index (χ0) is 19.7. The molecule has 0 aromatic heterocycles. The third-order valence-electron chi connectivity index (χ3n) is 8.97. The first-order chi connectivity index (χ1) is 12.6. The summed E-state index contributed by atoms with van der Waals surface area (Å²) < 4.78 is 0. The third-order valence-corrected chi connectivity index (χ3v) is 8.97. The first-order valence-corrected chi connectivity index (χ1v) is 10.3. The minimum atomic E-state index is -0.977. The van der Waals surface area contributed by atoms with Gasteiger partial charge >= 0.3 is 0 Å². The van der Waals surface area contributed by atoms with Crippen LogP contribution in [0, 0.1) is 40.4 Å². The van der Waals surface area contributed by atoms with Gasteiger partial charge in [0.1, 0.15) is 0 Å². The van der Waals surface area contributed by atoms with Crippen molar-refractivity contribution in [3.63, 3.8) is 0 Å². The van der Waals surface area contributed by atoms with E-state index < -0.39 is 11.0 Å². The average molecular weight is 370 g/mol. The number of nitrogens with one attached hydrogen (secondary N) is 1. The third kappa shape index (κ3) is 2.34. The largest absolute Gasteiger partial charge is 0.385 e. The van der Waals surface area contributed by atoms with Crippen molar-refractivity contribution in [3.05, 3.63) is 12.2 Å². The Kier molecular flexibility index (Phi) is 3.96. The Morgan fingerprint density at radius 2 is 1.96 bits per heavy atom. The second-order valence-corrected chi connectivity index (χ2v) is 10.2. The summed E-state index contributed by atoms with van der Waals surface area (Å²) in [5.41, 5.74) is -0.904. The number of hydrogen-bond donors (Lipinski definition) is 2. The fourth-order valence-electron chi connectivity index (χ4n) is 7.80. The number of aliphatic hydroxyl groups is 1. The molecular weight excluding hydrogens is 338 g/mol. The highest BCUT2D eigenvalue weighted by Gasteiger charge is 2.70. The molecule has 6 atom stereocenters. The molecule has 4 aliphatic carbocycles. The van der Waals surface area contributed by atoms with Crippen LogP contribution in [0.1, 0.15) is 65.2 Å². The fraction of sp³-hybridized carbons (Fsp3) is 0.739. The molecule has 4 saturated carbocycles. The van der Waals surface area contributed by atoms with Crippen LogP contribution in [0.3, 0.4) is 0 Å². The van der Waals surface area contributed by atoms with Crippen LogP contribution < -0.4 is 5.32 Å². The highest BCUT2D eigenvalue weighted by molar-refractivity contribution is 6.04. The molecular formula is C23H31NO3. The summed E-state index contributed by atoms with van der Waals surface area (Å²) in [5, 5.41) is 13.9. The summed E-state index contributed by atoms with van der Waals surface area (Å²) in [6.07, 6.45) is 12.4. The molecule has 2 bridgehead atoms. The lowest BCUT2D eigenvalue weighted by atomic mass is 9.40. The Bertz CT molecular complexity index is 766. The van der Waals surface area contributed by atoms with Gasteiger partial charge < -0.3 is 10.4 Å². The standard InChI is InChI=1S/C23H31NO3/c1-5-18(25)24-14-20(3)9-6-10-21(4)16(20)7-11-22-13-23(27,12-8-17(21)22)15(2)19(22)26/h1,16-17,27H,2,6-14H2,3-4H3,(H,24,25)/t16?,17?,20-,21+,22+,23-/m0/s1. The maximum absolute atomic E-state index is 13.2. The van der Waals surface area contributed by atoms with E-state index in [9.17, 15) is 14.7 Å². The van der Waals surface area contributed by atoms with E-state index in [2.05, 4.69) is 31.7 Å². The van der Waals surface area contributed by atoms with Gasteiger partial charge in [0.2, 0.25) is 0 Å². The lowest BCUT2D eigenvalue weighted by Gasteiger charge is -2.64. The number of carbonyl (C=O) groups excluding carboxylic acids is 2. The summed E-state index contributed by atoms with van der Waals surface area (Å²) in [6.45, 7) is 9.22. The van der Waals surface area contributed by atoms with Gasteiger partial charge in [0.25, 0.3) is 5.91 Å². The van der Waals surface area contributed by atoms with Crippen LogP contribution in [0.5, 0.6) is 0 Å². The lowest BCUT2D eigenvalue weighted by molar-refractivity contribution is -0.171. The normalized spacial score (nSPS) is 48.4. The molecule has 4 rings (SSSR count). The fourth-order valence-corrected chi connectivity index (χ4v) is 7.80. The van der Waals surface area contributed by atoms with Gasteiger partial charge in [-0.3, -0.25) is 9.59 Å². The minimum absolute atomic E-state index is 0.00642. The summed E-state index contributed by atoms with van der Waals surface area (Å²) in [4.78, 5) is 24.9. The summed E-state index contributed by atoms with van der Waals surface area (Å²) in [7, 11) is 0. The van der Waals surface area contributed by atoms with Crippen molar-refractivity contribution in [2.24, 2.45) is 28.1 Å². The summed E-state index contributed by atoms with van der Waals surface area (Å²) in [5.74, 6) is 2.67. The molecule has 4 heteroatoms. The van der Waals surface area contributed by atoms with Gasteiger partial charge in [-0.15, -0.1) is 6.42 Å². The maximum atomic E-state index is 13.2. The van der Waals surface area contributed by atoms with Gasteiger partial charge in [-0.2, -0.15) is 0 Å². The highest BCUT2D eigenvalue weighted by Crippen LogP contribution is 2.71. The number of Topliss-reactive ketones (excluding diaryl/α,β-unsaturated/α-hetero) is 1. The minimum Gasteiger partial charge on any atom is -0.385 e. The number of carbonyl (C=O) groups is 2. The summed E-state index contributed by atoms with van der Waals surface area (Å²) >= 11 is 0. The molecule has 4 fully saturated rings. The first kappa shape index (κ1) is 18.7. The monoisotopic (exact) mass is 369 g/mol. The van der Waals surface area contributed by atoms with Crippen LogP contribution in [0.2, 0.25) is 0 Å². The lowest BCUT2D eigenvalue weighted by Crippen LogP contribution is -2.60. The topological polar surface area (TPSA) is 66.4 Å². The molecule has 2 N–H and O–H groups in total. The second-order valence-electron chi connectivity index (χ2n) is 10.2. The van der Waals surface area contributed by atoms with Crippen LogP contribution in [0.4, 0.5) is 0 Å². The quantitative estimate of drug-likeness (QED) is 0.581. The summed E-state index contributed by atoms with van der Waals surface area (Å²) in [6, 6.07) is 0. The van der Waals surface area contributed by atoms with Crippen LogP contribution >= 0.6 is 0 Å². The van der Waals surface area contributed by atoms with Gasteiger partial charge in [-0.25, -0.2) is 0 Å². The average Bonchev–Trinajstić information content (AvgIpc) is 2.76. The molecule has 0 saturated heterocycles. The number of fused-ring (bicyclic) bond motifs is 3. The molecule has 0 aromatic carbocycles. The number of hydrogen-bond acceptors (Lipinski definition) is 3. The number of amides is 1. The Labute approximate surface area is 162 Å². The Balaban J connectivity index is 1.68. The van der Waals surface area contributed by atoms with E-state index in [1.807, 2.05) is 0 Å². The number of ketones is 1. The van der Waals surface area contributed by atoms with Gasteiger partial charge in [0.15, 0.2) is 5.78 Å². The van der Waals surface area contributed by atoms with Crippen molar-refractivity contribution < 1.29 is 14.7 Å². The van der Waals surface area contributed by atoms with E-state index in [1.54, 1.807) is 0 Å². The van der Waals surface area contributed by atoms with E-state index >= 15 is 0 Å². The molecule has 0 heterocycles. The highest BCUT2D eigenvalue weighted by atomic mass is 16.3. The smallest absolute Gasteiger partial charge is 0.295 e. The van der Waals surface area contributed by atoms with Crippen molar-refractivity contribution in [3.8, 4) is 12.3 Å². The molecule has 27 heavy (non-hydrogen) atoms. The first-order valence-electron chi connectivity index (χ1n) is 10.3. The Morgan fingerprint density at radius 3 is 2.67 bits per heavy atom.